The van der Waals surface area contributed by atoms with Crippen molar-refractivity contribution in [2.45, 2.75) is 45.4 Å². The summed E-state index contributed by atoms with van der Waals surface area (Å²) in [5, 5.41) is 11.7. The van der Waals surface area contributed by atoms with Gasteiger partial charge in [-0.05, 0) is 61.7 Å². The van der Waals surface area contributed by atoms with Crippen molar-refractivity contribution in [2.75, 3.05) is 6.54 Å². The van der Waals surface area contributed by atoms with E-state index in [2.05, 4.69) is 12.2 Å². The molecule has 0 aromatic carbocycles. The van der Waals surface area contributed by atoms with Crippen molar-refractivity contribution >= 4 is 11.9 Å². The highest BCUT2D eigenvalue weighted by Gasteiger charge is 2.67. The zero-order valence-electron chi connectivity index (χ0n) is 12.2. The molecule has 0 radical (unpaired) electrons. The van der Waals surface area contributed by atoms with Gasteiger partial charge in [0.15, 0.2) is 0 Å². The largest absolute Gasteiger partial charge is 0.481 e. The number of fused-ring (bicyclic) bond motifs is 5. The Balaban J connectivity index is 1.34. The number of nitrogens with one attached hydrogen (secondary N) is 1. The van der Waals surface area contributed by atoms with Gasteiger partial charge in [0.1, 0.15) is 0 Å². The Morgan fingerprint density at radius 2 is 1.85 bits per heavy atom. The molecule has 112 valence electrons. The Labute approximate surface area is 120 Å². The average molecular weight is 279 g/mol. The van der Waals surface area contributed by atoms with Crippen molar-refractivity contribution in [1.29, 1.82) is 0 Å². The highest BCUT2D eigenvalue weighted by molar-refractivity contribution is 5.82. The van der Waals surface area contributed by atoms with Crippen molar-refractivity contribution in [2.24, 2.45) is 35.5 Å². The predicted molar refractivity (Wildman–Crippen MR) is 75.0 cm³/mol. The van der Waals surface area contributed by atoms with E-state index in [1.54, 1.807) is 0 Å². The lowest BCUT2D eigenvalue weighted by atomic mass is 10.0. The summed E-state index contributed by atoms with van der Waals surface area (Å²) < 4.78 is 0. The smallest absolute Gasteiger partial charge is 0.303 e. The molecule has 3 rings (SSSR count). The topological polar surface area (TPSA) is 66.4 Å². The molecule has 5 atom stereocenters. The first kappa shape index (κ1) is 13.9. The lowest BCUT2D eigenvalue weighted by Crippen LogP contribution is -2.29. The molecular formula is C16H25NO3. The minimum Gasteiger partial charge on any atom is -0.481 e. The van der Waals surface area contributed by atoms with Crippen LogP contribution < -0.4 is 5.32 Å². The van der Waals surface area contributed by atoms with Crippen LogP contribution in [0.15, 0.2) is 0 Å². The van der Waals surface area contributed by atoms with Gasteiger partial charge in [-0.1, -0.05) is 6.92 Å². The minimum absolute atomic E-state index is 0.227. The second kappa shape index (κ2) is 5.38. The second-order valence-corrected chi connectivity index (χ2v) is 7.13. The summed E-state index contributed by atoms with van der Waals surface area (Å²) in [6, 6.07) is 0. The van der Waals surface area contributed by atoms with Crippen LogP contribution in [0, 0.1) is 35.5 Å². The zero-order valence-corrected chi connectivity index (χ0v) is 12.2. The summed E-state index contributed by atoms with van der Waals surface area (Å²) in [5.74, 6) is 3.31. The maximum absolute atomic E-state index is 12.2. The van der Waals surface area contributed by atoms with Gasteiger partial charge < -0.3 is 10.4 Å². The van der Waals surface area contributed by atoms with Crippen molar-refractivity contribution < 1.29 is 14.7 Å². The first-order chi connectivity index (χ1) is 9.58. The molecule has 3 saturated carbocycles. The monoisotopic (exact) mass is 279 g/mol. The Morgan fingerprint density at radius 1 is 1.20 bits per heavy atom. The van der Waals surface area contributed by atoms with E-state index in [4.69, 9.17) is 5.11 Å². The molecule has 3 aliphatic carbocycles. The standard InChI is InChI=1S/C16H25NO3/c1-9(2-5-12(18)19)6-7-17-16(20)15-13-10-3-4-11(8-10)14(13)15/h9-11,13-15H,2-8H2,1H3,(H,17,20)(H,18,19). The molecule has 4 nitrogen and oxygen atoms in total. The van der Waals surface area contributed by atoms with Crippen LogP contribution in [0.25, 0.3) is 0 Å². The van der Waals surface area contributed by atoms with Crippen LogP contribution in [-0.4, -0.2) is 23.5 Å². The molecule has 5 unspecified atom stereocenters. The van der Waals surface area contributed by atoms with E-state index in [-0.39, 0.29) is 12.3 Å². The van der Waals surface area contributed by atoms with E-state index in [1.807, 2.05) is 0 Å². The van der Waals surface area contributed by atoms with Gasteiger partial charge in [-0.3, -0.25) is 9.59 Å². The van der Waals surface area contributed by atoms with Gasteiger partial charge in [0.05, 0.1) is 0 Å². The predicted octanol–water partition coefficient (Wildman–Crippen LogP) is 2.29. The molecule has 0 spiro atoms. The van der Waals surface area contributed by atoms with Crippen LogP contribution in [0.2, 0.25) is 0 Å². The summed E-state index contributed by atoms with van der Waals surface area (Å²) in [7, 11) is 0. The van der Waals surface area contributed by atoms with E-state index in [1.165, 1.54) is 19.3 Å². The zero-order chi connectivity index (χ0) is 14.3. The van der Waals surface area contributed by atoms with Gasteiger partial charge in [-0.15, -0.1) is 0 Å². The quantitative estimate of drug-likeness (QED) is 0.751. The maximum atomic E-state index is 12.2. The summed E-state index contributed by atoms with van der Waals surface area (Å²) in [6.45, 7) is 2.76. The van der Waals surface area contributed by atoms with Crippen molar-refractivity contribution in [1.82, 2.24) is 5.32 Å². The van der Waals surface area contributed by atoms with Crippen molar-refractivity contribution in [3.05, 3.63) is 0 Å². The Bertz CT molecular complexity index is 393. The van der Waals surface area contributed by atoms with E-state index in [9.17, 15) is 9.59 Å². The Hall–Kier alpha value is -1.06. The van der Waals surface area contributed by atoms with E-state index in [0.29, 0.717) is 36.6 Å². The molecule has 2 N–H and O–H groups in total. The molecule has 2 bridgehead atoms. The second-order valence-electron chi connectivity index (χ2n) is 7.13. The number of amides is 1. The summed E-state index contributed by atoms with van der Waals surface area (Å²) in [5.41, 5.74) is 0. The fourth-order valence-electron chi connectivity index (χ4n) is 4.75. The number of hydrogen-bond donors (Lipinski definition) is 2. The van der Waals surface area contributed by atoms with E-state index < -0.39 is 5.97 Å². The maximum Gasteiger partial charge on any atom is 0.303 e. The van der Waals surface area contributed by atoms with Gasteiger partial charge in [-0.2, -0.15) is 0 Å². The van der Waals surface area contributed by atoms with Crippen LogP contribution in [0.4, 0.5) is 0 Å². The molecule has 0 heterocycles. The Morgan fingerprint density at radius 3 is 2.45 bits per heavy atom. The molecule has 20 heavy (non-hydrogen) atoms. The van der Waals surface area contributed by atoms with Crippen LogP contribution in [0.5, 0.6) is 0 Å². The number of rotatable bonds is 7. The van der Waals surface area contributed by atoms with Crippen LogP contribution in [0.1, 0.15) is 45.4 Å². The number of carboxylic acid groups (broad SMARTS) is 1. The first-order valence-electron chi connectivity index (χ1n) is 8.07. The number of carboxylic acids is 1. The molecule has 0 aliphatic heterocycles. The highest BCUT2D eigenvalue weighted by atomic mass is 16.4. The van der Waals surface area contributed by atoms with Gasteiger partial charge >= 0.3 is 5.97 Å². The molecule has 0 aromatic rings. The third-order valence-corrected chi connectivity index (χ3v) is 5.83. The minimum atomic E-state index is -0.734. The molecule has 4 heteroatoms. The van der Waals surface area contributed by atoms with Crippen molar-refractivity contribution in [3.63, 3.8) is 0 Å². The third kappa shape index (κ3) is 2.57. The number of carbonyl (C=O) groups excluding carboxylic acids is 1. The van der Waals surface area contributed by atoms with Gasteiger partial charge in [0.25, 0.3) is 0 Å². The summed E-state index contributed by atoms with van der Waals surface area (Å²) in [4.78, 5) is 22.7. The number of hydrogen-bond acceptors (Lipinski definition) is 2. The molecule has 3 fully saturated rings. The molecule has 3 aliphatic rings. The third-order valence-electron chi connectivity index (χ3n) is 5.83. The fraction of sp³-hybridized carbons (Fsp3) is 0.875. The lowest BCUT2D eigenvalue weighted by molar-refractivity contribution is -0.137. The van der Waals surface area contributed by atoms with Gasteiger partial charge in [0, 0.05) is 18.9 Å². The van der Waals surface area contributed by atoms with Crippen LogP contribution in [-0.2, 0) is 9.59 Å². The van der Waals surface area contributed by atoms with E-state index in [0.717, 1.165) is 18.3 Å². The molecule has 1 amide bonds. The number of carbonyl (C=O) groups is 2. The van der Waals surface area contributed by atoms with Crippen LogP contribution >= 0.6 is 0 Å². The van der Waals surface area contributed by atoms with Gasteiger partial charge in [0.2, 0.25) is 5.91 Å². The number of aliphatic carboxylic acids is 1. The van der Waals surface area contributed by atoms with Crippen molar-refractivity contribution in [3.8, 4) is 0 Å². The molecule has 0 aromatic heterocycles. The average Bonchev–Trinajstić information content (AvgIpc) is 2.85. The highest BCUT2D eigenvalue weighted by Crippen LogP contribution is 2.69. The van der Waals surface area contributed by atoms with Gasteiger partial charge in [-0.25, -0.2) is 0 Å². The summed E-state index contributed by atoms with van der Waals surface area (Å²) in [6.07, 6.45) is 5.89. The first-order valence-corrected chi connectivity index (χ1v) is 8.07. The fourth-order valence-corrected chi connectivity index (χ4v) is 4.75. The molecule has 0 saturated heterocycles. The summed E-state index contributed by atoms with van der Waals surface area (Å²) >= 11 is 0. The van der Waals surface area contributed by atoms with E-state index >= 15 is 0 Å². The Kier molecular flexibility index (Phi) is 3.74. The SMILES string of the molecule is CC(CCNC(=O)C1C2C3CCC(C3)C12)CCC(=O)O. The molecular weight excluding hydrogens is 254 g/mol. The normalized spacial score (nSPS) is 38.4. The lowest BCUT2D eigenvalue weighted by Gasteiger charge is -2.12. The van der Waals surface area contributed by atoms with Crippen LogP contribution in [0.3, 0.4) is 0 Å².